The molecule has 0 unspecified atom stereocenters. The molecule has 2 aromatic rings. The Hall–Kier alpha value is -2.04. The highest BCUT2D eigenvalue weighted by Gasteiger charge is 2.26. The Morgan fingerprint density at radius 1 is 1.48 bits per heavy atom. The third kappa shape index (κ3) is 3.84. The number of carbonyl (C=O) groups excluding carboxylic acids is 1. The van der Waals surface area contributed by atoms with Crippen molar-refractivity contribution in [3.63, 3.8) is 0 Å². The number of benzene rings is 1. The smallest absolute Gasteiger partial charge is 0.414 e. The number of anilines is 1. The molecule has 0 aliphatic carbocycles. The van der Waals surface area contributed by atoms with Crippen LogP contribution in [0.5, 0.6) is 0 Å². The number of halogens is 1. The second-order valence-electron chi connectivity index (χ2n) is 4.73. The summed E-state index contributed by atoms with van der Waals surface area (Å²) in [6.45, 7) is 2.85. The summed E-state index contributed by atoms with van der Waals surface area (Å²) < 4.78 is 16.5. The molecule has 23 heavy (non-hydrogen) atoms. The fraction of sp³-hybridized carbons (Fsp3) is 0.375. The normalized spacial score (nSPS) is 10.5. The quantitative estimate of drug-likeness (QED) is 0.706. The first-order valence-electron chi connectivity index (χ1n) is 7.17. The van der Waals surface area contributed by atoms with Crippen molar-refractivity contribution in [1.29, 1.82) is 5.26 Å². The summed E-state index contributed by atoms with van der Waals surface area (Å²) in [6, 6.07) is 7.39. The van der Waals surface area contributed by atoms with Gasteiger partial charge in [0, 0.05) is 30.1 Å². The van der Waals surface area contributed by atoms with E-state index >= 15 is 0 Å². The average Bonchev–Trinajstić information content (AvgIpc) is 2.89. The Morgan fingerprint density at radius 2 is 2.26 bits per heavy atom. The van der Waals surface area contributed by atoms with E-state index in [-0.39, 0.29) is 12.4 Å². The Labute approximate surface area is 142 Å². The SMILES string of the molecule is CCOC(=O)N(CCCOC)c1c(C#N)oc2ccc(Br)cc12. The third-order valence-corrected chi connectivity index (χ3v) is 3.71. The van der Waals surface area contributed by atoms with Gasteiger partial charge < -0.3 is 13.9 Å². The zero-order valence-corrected chi connectivity index (χ0v) is 14.6. The van der Waals surface area contributed by atoms with Crippen LogP contribution >= 0.6 is 15.9 Å². The lowest BCUT2D eigenvalue weighted by Crippen LogP contribution is -2.33. The summed E-state index contributed by atoms with van der Waals surface area (Å²) in [4.78, 5) is 13.8. The van der Waals surface area contributed by atoms with Gasteiger partial charge in [-0.05, 0) is 31.5 Å². The number of methoxy groups -OCH3 is 1. The van der Waals surface area contributed by atoms with Gasteiger partial charge in [0.1, 0.15) is 17.3 Å². The van der Waals surface area contributed by atoms with Crippen molar-refractivity contribution in [2.24, 2.45) is 0 Å². The van der Waals surface area contributed by atoms with Gasteiger partial charge in [0.25, 0.3) is 0 Å². The fourth-order valence-electron chi connectivity index (χ4n) is 2.26. The first-order chi connectivity index (χ1) is 11.1. The number of amides is 1. The summed E-state index contributed by atoms with van der Waals surface area (Å²) in [5.74, 6) is 0.0866. The highest BCUT2D eigenvalue weighted by Crippen LogP contribution is 2.35. The van der Waals surface area contributed by atoms with Crippen LogP contribution < -0.4 is 4.90 Å². The molecule has 0 N–H and O–H groups in total. The molecule has 6 nitrogen and oxygen atoms in total. The van der Waals surface area contributed by atoms with Crippen molar-refractivity contribution in [3.05, 3.63) is 28.4 Å². The van der Waals surface area contributed by atoms with Crippen LogP contribution in [-0.4, -0.2) is 33.0 Å². The molecular formula is C16H17BrN2O4. The zero-order valence-electron chi connectivity index (χ0n) is 13.0. The Morgan fingerprint density at radius 3 is 2.91 bits per heavy atom. The first-order valence-corrected chi connectivity index (χ1v) is 7.97. The van der Waals surface area contributed by atoms with Crippen molar-refractivity contribution in [3.8, 4) is 6.07 Å². The van der Waals surface area contributed by atoms with Gasteiger partial charge in [-0.3, -0.25) is 4.90 Å². The highest BCUT2D eigenvalue weighted by atomic mass is 79.9. The highest BCUT2D eigenvalue weighted by molar-refractivity contribution is 9.10. The van der Waals surface area contributed by atoms with Crippen LogP contribution in [0.1, 0.15) is 19.1 Å². The van der Waals surface area contributed by atoms with Crippen molar-refractivity contribution in [2.75, 3.05) is 31.8 Å². The van der Waals surface area contributed by atoms with Crippen molar-refractivity contribution < 1.29 is 18.7 Å². The molecule has 122 valence electrons. The maximum atomic E-state index is 12.3. The molecule has 0 radical (unpaired) electrons. The lowest BCUT2D eigenvalue weighted by atomic mass is 10.2. The molecule has 0 fully saturated rings. The number of hydrogen-bond donors (Lipinski definition) is 0. The third-order valence-electron chi connectivity index (χ3n) is 3.21. The minimum absolute atomic E-state index is 0.0866. The number of rotatable bonds is 6. The summed E-state index contributed by atoms with van der Waals surface area (Å²) >= 11 is 3.40. The van der Waals surface area contributed by atoms with Crippen LogP contribution in [0.3, 0.4) is 0 Å². The van der Waals surface area contributed by atoms with Gasteiger partial charge in [0.05, 0.1) is 6.61 Å². The second-order valence-corrected chi connectivity index (χ2v) is 5.64. The number of nitrogens with zero attached hydrogens (tertiary/aromatic N) is 2. The first kappa shape index (κ1) is 17.3. The van der Waals surface area contributed by atoms with E-state index in [2.05, 4.69) is 15.9 Å². The van der Waals surface area contributed by atoms with E-state index in [4.69, 9.17) is 13.9 Å². The number of nitriles is 1. The van der Waals surface area contributed by atoms with Crippen molar-refractivity contribution in [2.45, 2.75) is 13.3 Å². The van der Waals surface area contributed by atoms with Crippen molar-refractivity contribution in [1.82, 2.24) is 0 Å². The van der Waals surface area contributed by atoms with Crippen molar-refractivity contribution >= 4 is 38.7 Å². The minimum Gasteiger partial charge on any atom is -0.449 e. The molecule has 0 atom stereocenters. The topological polar surface area (TPSA) is 75.7 Å². The van der Waals surface area contributed by atoms with E-state index in [0.29, 0.717) is 36.2 Å². The van der Waals surface area contributed by atoms with E-state index in [1.807, 2.05) is 18.2 Å². The molecule has 2 rings (SSSR count). The molecule has 1 amide bonds. The number of carbonyl (C=O) groups is 1. The largest absolute Gasteiger partial charge is 0.449 e. The molecule has 0 spiro atoms. The molecular weight excluding hydrogens is 364 g/mol. The summed E-state index contributed by atoms with van der Waals surface area (Å²) in [5.41, 5.74) is 0.971. The molecule has 0 saturated heterocycles. The number of fused-ring (bicyclic) bond motifs is 1. The Kier molecular flexibility index (Phi) is 6.02. The Bertz CT molecular complexity index is 735. The lowest BCUT2D eigenvalue weighted by molar-refractivity contribution is 0.157. The summed E-state index contributed by atoms with van der Waals surface area (Å²) in [5, 5.41) is 10.0. The number of hydrogen-bond acceptors (Lipinski definition) is 5. The van der Waals surface area contributed by atoms with E-state index in [9.17, 15) is 10.1 Å². The molecule has 0 aliphatic heterocycles. The maximum absolute atomic E-state index is 12.3. The monoisotopic (exact) mass is 380 g/mol. The van der Waals surface area contributed by atoms with Gasteiger partial charge in [0.2, 0.25) is 5.76 Å². The van der Waals surface area contributed by atoms with E-state index in [1.54, 1.807) is 20.1 Å². The van der Waals surface area contributed by atoms with Gasteiger partial charge in [0.15, 0.2) is 0 Å². The molecule has 0 aliphatic rings. The van der Waals surface area contributed by atoms with E-state index in [1.165, 1.54) is 4.90 Å². The predicted octanol–water partition coefficient (Wildman–Crippen LogP) is 4.07. The van der Waals surface area contributed by atoms with Crippen LogP contribution in [0.15, 0.2) is 27.1 Å². The number of furan rings is 1. The molecule has 7 heteroatoms. The van der Waals surface area contributed by atoms with Crippen LogP contribution in [0.4, 0.5) is 10.5 Å². The number of ether oxygens (including phenoxy) is 2. The summed E-state index contributed by atoms with van der Waals surface area (Å²) in [6.07, 6.45) is 0.101. The molecule has 1 aromatic heterocycles. The van der Waals surface area contributed by atoms with Crippen LogP contribution in [0.2, 0.25) is 0 Å². The maximum Gasteiger partial charge on any atom is 0.414 e. The molecule has 1 heterocycles. The molecule has 1 aromatic carbocycles. The van der Waals surface area contributed by atoms with Gasteiger partial charge in [-0.1, -0.05) is 15.9 Å². The van der Waals surface area contributed by atoms with Gasteiger partial charge >= 0.3 is 6.09 Å². The van der Waals surface area contributed by atoms with Crippen LogP contribution in [-0.2, 0) is 9.47 Å². The molecule has 0 saturated carbocycles. The average molecular weight is 381 g/mol. The van der Waals surface area contributed by atoms with Crippen LogP contribution in [0, 0.1) is 11.3 Å². The Balaban J connectivity index is 2.51. The van der Waals surface area contributed by atoms with E-state index in [0.717, 1.165) is 4.47 Å². The molecule has 0 bridgehead atoms. The second kappa shape index (κ2) is 7.99. The fourth-order valence-corrected chi connectivity index (χ4v) is 2.62. The minimum atomic E-state index is -0.511. The van der Waals surface area contributed by atoms with Crippen LogP contribution in [0.25, 0.3) is 11.0 Å². The zero-order chi connectivity index (χ0) is 16.8. The lowest BCUT2D eigenvalue weighted by Gasteiger charge is -2.21. The standard InChI is InChI=1S/C16H17BrN2O4/c1-3-22-16(20)19(7-4-8-21-2)15-12-9-11(17)5-6-13(12)23-14(15)10-18/h5-6,9H,3-4,7-8H2,1-2H3. The summed E-state index contributed by atoms with van der Waals surface area (Å²) in [7, 11) is 1.60. The van der Waals surface area contributed by atoms with Gasteiger partial charge in [-0.2, -0.15) is 5.26 Å². The van der Waals surface area contributed by atoms with Gasteiger partial charge in [-0.15, -0.1) is 0 Å². The van der Waals surface area contributed by atoms with Gasteiger partial charge in [-0.25, -0.2) is 4.79 Å². The predicted molar refractivity (Wildman–Crippen MR) is 89.5 cm³/mol. The van der Waals surface area contributed by atoms with E-state index < -0.39 is 6.09 Å².